The monoisotopic (exact) mass is 169 g/mol. The van der Waals surface area contributed by atoms with Crippen molar-refractivity contribution >= 4 is 11.8 Å². The highest BCUT2D eigenvalue weighted by Crippen LogP contribution is 2.19. The van der Waals surface area contributed by atoms with Gasteiger partial charge in [0.2, 0.25) is 0 Å². The van der Waals surface area contributed by atoms with E-state index in [4.69, 9.17) is 0 Å². The minimum Gasteiger partial charge on any atom is -0.329 e. The number of aromatic nitrogens is 1. The van der Waals surface area contributed by atoms with Crippen molar-refractivity contribution in [2.24, 2.45) is 0 Å². The average molecular weight is 169 g/mol. The zero-order valence-corrected chi connectivity index (χ0v) is 7.71. The van der Waals surface area contributed by atoms with Gasteiger partial charge in [0.1, 0.15) is 0 Å². The number of aryl methyl sites for hydroxylation is 1. The summed E-state index contributed by atoms with van der Waals surface area (Å²) in [7, 11) is 0. The first-order valence-electron chi connectivity index (χ1n) is 3.39. The number of H-pyrrole nitrogens is 1. The molecule has 3 heteroatoms. The third-order valence-corrected chi connectivity index (χ3v) is 2.70. The number of thioether (sulfide) groups is 1. The van der Waals surface area contributed by atoms with Gasteiger partial charge in [0.15, 0.2) is 0 Å². The molecule has 0 fully saturated rings. The molecule has 0 saturated carbocycles. The molecule has 0 spiro atoms. The van der Waals surface area contributed by atoms with Crippen LogP contribution in [0.3, 0.4) is 0 Å². The van der Waals surface area contributed by atoms with Crippen LogP contribution in [0.5, 0.6) is 0 Å². The summed E-state index contributed by atoms with van der Waals surface area (Å²) in [6, 6.07) is 0. The molecular formula is C8H11NOS. The molecule has 0 unspecified atom stereocenters. The molecule has 0 amide bonds. The van der Waals surface area contributed by atoms with E-state index in [1.54, 1.807) is 18.0 Å². The van der Waals surface area contributed by atoms with Crippen LogP contribution in [0.4, 0.5) is 0 Å². The highest BCUT2D eigenvalue weighted by atomic mass is 32.2. The van der Waals surface area contributed by atoms with Gasteiger partial charge in [-0.1, -0.05) is 0 Å². The molecule has 1 aromatic heterocycles. The maximum absolute atomic E-state index is 11.1. The van der Waals surface area contributed by atoms with Crippen molar-refractivity contribution in [2.45, 2.75) is 18.7 Å². The lowest BCUT2D eigenvalue weighted by Crippen LogP contribution is -2.10. The molecule has 0 aliphatic heterocycles. The second-order valence-electron chi connectivity index (χ2n) is 2.46. The van der Waals surface area contributed by atoms with E-state index in [0.29, 0.717) is 0 Å². The van der Waals surface area contributed by atoms with Gasteiger partial charge in [0, 0.05) is 16.7 Å². The number of nitrogens with one attached hydrogen (secondary N) is 1. The van der Waals surface area contributed by atoms with Crippen LogP contribution in [0.25, 0.3) is 0 Å². The first kappa shape index (κ1) is 8.40. The summed E-state index contributed by atoms with van der Waals surface area (Å²) in [4.78, 5) is 14.8. The fraction of sp³-hybridized carbons (Fsp3) is 0.375. The van der Waals surface area contributed by atoms with Gasteiger partial charge in [-0.15, -0.1) is 11.8 Å². The molecule has 0 bridgehead atoms. The van der Waals surface area contributed by atoms with Crippen LogP contribution < -0.4 is 5.56 Å². The van der Waals surface area contributed by atoms with Crippen molar-refractivity contribution in [2.75, 3.05) is 6.26 Å². The summed E-state index contributed by atoms with van der Waals surface area (Å²) >= 11 is 1.62. The summed E-state index contributed by atoms with van der Waals surface area (Å²) in [5, 5.41) is 0. The molecule has 0 aromatic carbocycles. The lowest BCUT2D eigenvalue weighted by molar-refractivity contribution is 1.07. The van der Waals surface area contributed by atoms with E-state index >= 15 is 0 Å². The van der Waals surface area contributed by atoms with E-state index in [2.05, 4.69) is 4.98 Å². The molecule has 0 atom stereocenters. The normalized spacial score (nSPS) is 10.1. The van der Waals surface area contributed by atoms with Crippen LogP contribution in [-0.2, 0) is 0 Å². The zero-order chi connectivity index (χ0) is 8.43. The molecule has 11 heavy (non-hydrogen) atoms. The number of hydrogen-bond donors (Lipinski definition) is 1. The molecular weight excluding hydrogens is 158 g/mol. The largest absolute Gasteiger partial charge is 0.329 e. The van der Waals surface area contributed by atoms with Crippen molar-refractivity contribution < 1.29 is 0 Å². The lowest BCUT2D eigenvalue weighted by atomic mass is 10.2. The summed E-state index contributed by atoms with van der Waals surface area (Å²) in [6.45, 7) is 3.84. The molecule has 1 N–H and O–H groups in total. The van der Waals surface area contributed by atoms with E-state index in [1.165, 1.54) is 0 Å². The van der Waals surface area contributed by atoms with Gasteiger partial charge in [0.05, 0.1) is 0 Å². The van der Waals surface area contributed by atoms with E-state index in [1.807, 2.05) is 20.1 Å². The molecule has 60 valence electrons. The van der Waals surface area contributed by atoms with Crippen LogP contribution in [0.1, 0.15) is 11.1 Å². The maximum atomic E-state index is 11.1. The van der Waals surface area contributed by atoms with Crippen molar-refractivity contribution in [1.29, 1.82) is 0 Å². The Kier molecular flexibility index (Phi) is 2.39. The van der Waals surface area contributed by atoms with Crippen molar-refractivity contribution in [1.82, 2.24) is 4.98 Å². The van der Waals surface area contributed by atoms with Crippen molar-refractivity contribution in [3.63, 3.8) is 0 Å². The van der Waals surface area contributed by atoms with Crippen LogP contribution in [-0.4, -0.2) is 11.2 Å². The third-order valence-electron chi connectivity index (χ3n) is 1.66. The highest BCUT2D eigenvalue weighted by Gasteiger charge is 2.02. The molecule has 1 heterocycles. The Morgan fingerprint density at radius 3 is 2.55 bits per heavy atom. The molecule has 0 radical (unpaired) electrons. The summed E-state index contributed by atoms with van der Waals surface area (Å²) in [6.07, 6.45) is 3.73. The van der Waals surface area contributed by atoms with Gasteiger partial charge in [-0.05, 0) is 25.7 Å². The third kappa shape index (κ3) is 1.48. The quantitative estimate of drug-likeness (QED) is 0.649. The fourth-order valence-corrected chi connectivity index (χ4v) is 1.84. The Labute approximate surface area is 70.0 Å². The molecule has 1 rings (SSSR count). The van der Waals surface area contributed by atoms with E-state index in [0.717, 1.165) is 16.0 Å². The topological polar surface area (TPSA) is 32.9 Å². The van der Waals surface area contributed by atoms with Gasteiger partial charge < -0.3 is 4.98 Å². The Hall–Kier alpha value is -0.700. The average Bonchev–Trinajstić information content (AvgIpc) is 1.99. The van der Waals surface area contributed by atoms with Crippen LogP contribution >= 0.6 is 11.8 Å². The Balaban J connectivity index is 3.41. The van der Waals surface area contributed by atoms with Crippen molar-refractivity contribution in [3.8, 4) is 0 Å². The number of rotatable bonds is 1. The molecule has 1 aromatic rings. The summed E-state index contributed by atoms with van der Waals surface area (Å²) in [5.74, 6) is 0. The van der Waals surface area contributed by atoms with Gasteiger partial charge >= 0.3 is 0 Å². The second kappa shape index (κ2) is 3.13. The predicted octanol–water partition coefficient (Wildman–Crippen LogP) is 1.71. The van der Waals surface area contributed by atoms with Crippen LogP contribution in [0.15, 0.2) is 15.9 Å². The number of pyridine rings is 1. The molecule has 0 saturated heterocycles. The SMILES string of the molecule is CSc1c(C)c[nH]c(=O)c1C. The van der Waals surface area contributed by atoms with Gasteiger partial charge in [-0.25, -0.2) is 0 Å². The number of aromatic amines is 1. The first-order chi connectivity index (χ1) is 5.16. The Morgan fingerprint density at radius 2 is 2.09 bits per heavy atom. The predicted molar refractivity (Wildman–Crippen MR) is 48.3 cm³/mol. The fourth-order valence-electron chi connectivity index (χ4n) is 1.06. The Morgan fingerprint density at radius 1 is 1.45 bits per heavy atom. The Bertz CT molecular complexity index is 316. The molecule has 2 nitrogen and oxygen atoms in total. The lowest BCUT2D eigenvalue weighted by Gasteiger charge is -2.03. The number of hydrogen-bond acceptors (Lipinski definition) is 2. The minimum absolute atomic E-state index is 0.0138. The summed E-state index contributed by atoms with van der Waals surface area (Å²) in [5.41, 5.74) is 1.96. The molecule has 0 aliphatic rings. The van der Waals surface area contributed by atoms with E-state index < -0.39 is 0 Å². The minimum atomic E-state index is 0.0138. The summed E-state index contributed by atoms with van der Waals surface area (Å²) < 4.78 is 0. The zero-order valence-electron chi connectivity index (χ0n) is 6.89. The van der Waals surface area contributed by atoms with Gasteiger partial charge in [-0.3, -0.25) is 4.79 Å². The first-order valence-corrected chi connectivity index (χ1v) is 4.62. The standard InChI is InChI=1S/C8H11NOS/c1-5-4-9-8(10)6(2)7(5)11-3/h4H,1-3H3,(H,9,10). The van der Waals surface area contributed by atoms with Crippen LogP contribution in [0.2, 0.25) is 0 Å². The smallest absolute Gasteiger partial charge is 0.251 e. The van der Waals surface area contributed by atoms with E-state index in [9.17, 15) is 4.79 Å². The van der Waals surface area contributed by atoms with Gasteiger partial charge in [-0.2, -0.15) is 0 Å². The van der Waals surface area contributed by atoms with Gasteiger partial charge in [0.25, 0.3) is 5.56 Å². The second-order valence-corrected chi connectivity index (χ2v) is 3.28. The van der Waals surface area contributed by atoms with Crippen molar-refractivity contribution in [3.05, 3.63) is 27.7 Å². The van der Waals surface area contributed by atoms with Crippen LogP contribution in [0, 0.1) is 13.8 Å². The van der Waals surface area contributed by atoms with E-state index in [-0.39, 0.29) is 5.56 Å². The maximum Gasteiger partial charge on any atom is 0.251 e. The molecule has 0 aliphatic carbocycles. The highest BCUT2D eigenvalue weighted by molar-refractivity contribution is 7.98.